The summed E-state index contributed by atoms with van der Waals surface area (Å²) < 4.78 is 6.28. The van der Waals surface area contributed by atoms with E-state index in [1.807, 2.05) is 30.1 Å². The summed E-state index contributed by atoms with van der Waals surface area (Å²) >= 11 is 0. The molecule has 1 unspecified atom stereocenters. The summed E-state index contributed by atoms with van der Waals surface area (Å²) in [6.07, 6.45) is 2.82. The molecule has 0 saturated carbocycles. The van der Waals surface area contributed by atoms with E-state index in [1.165, 1.54) is 11.1 Å². The van der Waals surface area contributed by atoms with Crippen molar-refractivity contribution in [2.75, 3.05) is 64.8 Å². The SMILES string of the molecule is CN1CCCC(Oc2ccc3c(c2)N(C)CCN(C[C@H](O)CN2CCc4ccccc4C2)C3=O)C1. The van der Waals surface area contributed by atoms with Crippen molar-refractivity contribution in [1.82, 2.24) is 14.7 Å². The third-order valence-electron chi connectivity index (χ3n) is 7.60. The number of likely N-dealkylation sites (tertiary alicyclic amines) is 1. The molecular weight excluding hydrogens is 440 g/mol. The molecule has 7 nitrogen and oxygen atoms in total. The molecule has 188 valence electrons. The van der Waals surface area contributed by atoms with Gasteiger partial charge in [0.1, 0.15) is 11.9 Å². The van der Waals surface area contributed by atoms with Crippen LogP contribution in [0.2, 0.25) is 0 Å². The van der Waals surface area contributed by atoms with Gasteiger partial charge in [-0.2, -0.15) is 0 Å². The van der Waals surface area contributed by atoms with Gasteiger partial charge in [-0.1, -0.05) is 24.3 Å². The highest BCUT2D eigenvalue weighted by Crippen LogP contribution is 2.30. The third kappa shape index (κ3) is 5.63. The van der Waals surface area contributed by atoms with Crippen molar-refractivity contribution in [1.29, 1.82) is 0 Å². The van der Waals surface area contributed by atoms with Gasteiger partial charge in [0.25, 0.3) is 5.91 Å². The monoisotopic (exact) mass is 478 g/mol. The second-order valence-electron chi connectivity index (χ2n) is 10.4. The Labute approximate surface area is 208 Å². The van der Waals surface area contributed by atoms with E-state index in [2.05, 4.69) is 46.0 Å². The Morgan fingerprint density at radius 3 is 2.69 bits per heavy atom. The number of likely N-dealkylation sites (N-methyl/N-ethyl adjacent to an activating group) is 2. The quantitative estimate of drug-likeness (QED) is 0.689. The van der Waals surface area contributed by atoms with Crippen molar-refractivity contribution in [3.63, 3.8) is 0 Å². The van der Waals surface area contributed by atoms with E-state index in [1.54, 1.807) is 0 Å². The number of piperidine rings is 1. The fraction of sp³-hybridized carbons (Fsp3) is 0.536. The van der Waals surface area contributed by atoms with Crippen molar-refractivity contribution in [2.24, 2.45) is 0 Å². The van der Waals surface area contributed by atoms with E-state index in [9.17, 15) is 9.90 Å². The predicted molar refractivity (Wildman–Crippen MR) is 138 cm³/mol. The Balaban J connectivity index is 1.22. The molecule has 7 heteroatoms. The van der Waals surface area contributed by atoms with Crippen LogP contribution in [-0.2, 0) is 13.0 Å². The first kappa shape index (κ1) is 24.1. The molecule has 1 saturated heterocycles. The molecule has 2 aromatic rings. The molecular formula is C28H38N4O3. The number of nitrogens with zero attached hydrogens (tertiary/aromatic N) is 4. The largest absolute Gasteiger partial charge is 0.489 e. The number of amides is 1. The first-order chi connectivity index (χ1) is 17.0. The van der Waals surface area contributed by atoms with Crippen molar-refractivity contribution < 1.29 is 14.6 Å². The standard InChI is InChI=1S/C28H38N4O3/c1-29-12-5-8-25(20-29)35-24-9-10-26-27(16-24)30(2)14-15-32(28(26)34)19-23(33)18-31-13-11-21-6-3-4-7-22(21)17-31/h3-4,6-7,9-10,16,23,25,33H,5,8,11-15,17-20H2,1-2H3/t23-,25?/m1/s1. The summed E-state index contributed by atoms with van der Waals surface area (Å²) in [5.41, 5.74) is 4.32. The first-order valence-electron chi connectivity index (χ1n) is 12.9. The van der Waals surface area contributed by atoms with Gasteiger partial charge >= 0.3 is 0 Å². The summed E-state index contributed by atoms with van der Waals surface area (Å²) in [6, 6.07) is 14.3. The van der Waals surface area contributed by atoms with Gasteiger partial charge in [-0.15, -0.1) is 0 Å². The Hall–Kier alpha value is -2.61. The van der Waals surface area contributed by atoms with Crippen LogP contribution in [0.25, 0.3) is 0 Å². The molecule has 1 N–H and O–H groups in total. The number of hydrogen-bond donors (Lipinski definition) is 1. The molecule has 1 amide bonds. The molecule has 2 atom stereocenters. The molecule has 0 aliphatic carbocycles. The fourth-order valence-corrected chi connectivity index (χ4v) is 5.65. The molecule has 2 aromatic carbocycles. The summed E-state index contributed by atoms with van der Waals surface area (Å²) in [4.78, 5) is 22.0. The molecule has 0 radical (unpaired) electrons. The van der Waals surface area contributed by atoms with Gasteiger partial charge in [-0.3, -0.25) is 9.69 Å². The maximum atomic E-state index is 13.4. The van der Waals surface area contributed by atoms with Gasteiger partial charge in [0.2, 0.25) is 0 Å². The number of anilines is 1. The summed E-state index contributed by atoms with van der Waals surface area (Å²) in [6.45, 7) is 6.07. The van der Waals surface area contributed by atoms with Crippen LogP contribution in [0.15, 0.2) is 42.5 Å². The van der Waals surface area contributed by atoms with E-state index in [4.69, 9.17) is 4.74 Å². The maximum Gasteiger partial charge on any atom is 0.256 e. The average Bonchev–Trinajstić information content (AvgIpc) is 2.96. The van der Waals surface area contributed by atoms with Crippen LogP contribution in [0.3, 0.4) is 0 Å². The van der Waals surface area contributed by atoms with Crippen LogP contribution in [0.1, 0.15) is 34.3 Å². The smallest absolute Gasteiger partial charge is 0.256 e. The zero-order valence-electron chi connectivity index (χ0n) is 21.0. The number of benzene rings is 2. The molecule has 3 heterocycles. The molecule has 1 fully saturated rings. The summed E-state index contributed by atoms with van der Waals surface area (Å²) in [7, 11) is 4.15. The Bertz CT molecular complexity index is 1040. The number of aliphatic hydroxyl groups is 1. The fourth-order valence-electron chi connectivity index (χ4n) is 5.65. The van der Waals surface area contributed by atoms with Crippen LogP contribution in [-0.4, -0.2) is 97.8 Å². The highest BCUT2D eigenvalue weighted by Gasteiger charge is 2.28. The third-order valence-corrected chi connectivity index (χ3v) is 7.60. The number of ether oxygens (including phenoxy) is 1. The molecule has 0 aromatic heterocycles. The molecule has 35 heavy (non-hydrogen) atoms. The minimum absolute atomic E-state index is 0.0173. The maximum absolute atomic E-state index is 13.4. The van der Waals surface area contributed by atoms with Crippen LogP contribution in [0, 0.1) is 0 Å². The molecule has 0 spiro atoms. The van der Waals surface area contributed by atoms with E-state index in [-0.39, 0.29) is 12.0 Å². The van der Waals surface area contributed by atoms with Crippen LogP contribution in [0.5, 0.6) is 5.75 Å². The van der Waals surface area contributed by atoms with Crippen molar-refractivity contribution in [2.45, 2.75) is 38.0 Å². The van der Waals surface area contributed by atoms with Gasteiger partial charge in [0.15, 0.2) is 0 Å². The van der Waals surface area contributed by atoms with Crippen molar-refractivity contribution in [3.8, 4) is 5.75 Å². The first-order valence-corrected chi connectivity index (χ1v) is 12.9. The van der Waals surface area contributed by atoms with E-state index in [0.29, 0.717) is 25.2 Å². The summed E-state index contributed by atoms with van der Waals surface area (Å²) in [5.74, 6) is 0.805. The lowest BCUT2D eigenvalue weighted by Gasteiger charge is -2.32. The summed E-state index contributed by atoms with van der Waals surface area (Å²) in [5, 5.41) is 10.9. The van der Waals surface area contributed by atoms with E-state index < -0.39 is 6.10 Å². The number of aliphatic hydroxyl groups excluding tert-OH is 1. The van der Waals surface area contributed by atoms with E-state index >= 15 is 0 Å². The lowest BCUT2D eigenvalue weighted by Crippen LogP contribution is -2.44. The lowest BCUT2D eigenvalue weighted by atomic mass is 10.00. The molecule has 5 rings (SSSR count). The number of carbonyl (C=O) groups is 1. The molecule has 3 aliphatic rings. The zero-order valence-corrected chi connectivity index (χ0v) is 21.0. The highest BCUT2D eigenvalue weighted by molar-refractivity contribution is 6.00. The number of β-amino-alcohol motifs (C(OH)–C–C–N with tert-alkyl or cyclic N) is 1. The Kier molecular flexibility index (Phi) is 7.27. The second kappa shape index (κ2) is 10.6. The Morgan fingerprint density at radius 2 is 1.86 bits per heavy atom. The number of hydrogen-bond acceptors (Lipinski definition) is 6. The zero-order chi connectivity index (χ0) is 24.4. The van der Waals surface area contributed by atoms with Gasteiger partial charge in [-0.25, -0.2) is 0 Å². The van der Waals surface area contributed by atoms with Crippen LogP contribution >= 0.6 is 0 Å². The number of fused-ring (bicyclic) bond motifs is 2. The number of carbonyl (C=O) groups excluding carboxylic acids is 1. The van der Waals surface area contributed by atoms with Gasteiger partial charge in [-0.05, 0) is 56.1 Å². The minimum atomic E-state index is -0.582. The predicted octanol–water partition coefficient (Wildman–Crippen LogP) is 2.47. The van der Waals surface area contributed by atoms with Crippen LogP contribution < -0.4 is 9.64 Å². The molecule has 0 bridgehead atoms. The number of rotatable bonds is 6. The lowest BCUT2D eigenvalue weighted by molar-refractivity contribution is 0.0521. The van der Waals surface area contributed by atoms with E-state index in [0.717, 1.165) is 63.4 Å². The van der Waals surface area contributed by atoms with Gasteiger partial charge in [0.05, 0.1) is 17.4 Å². The van der Waals surface area contributed by atoms with Crippen molar-refractivity contribution >= 4 is 11.6 Å². The second-order valence-corrected chi connectivity index (χ2v) is 10.4. The minimum Gasteiger partial charge on any atom is -0.489 e. The van der Waals surface area contributed by atoms with Gasteiger partial charge < -0.3 is 24.5 Å². The topological polar surface area (TPSA) is 59.5 Å². The van der Waals surface area contributed by atoms with Crippen molar-refractivity contribution in [3.05, 3.63) is 59.2 Å². The Morgan fingerprint density at radius 1 is 1.03 bits per heavy atom. The van der Waals surface area contributed by atoms with Crippen LogP contribution in [0.4, 0.5) is 5.69 Å². The van der Waals surface area contributed by atoms with Gasteiger partial charge in [0, 0.05) is 58.9 Å². The average molecular weight is 479 g/mol. The molecule has 3 aliphatic heterocycles. The normalized spacial score (nSPS) is 22.4. The highest BCUT2D eigenvalue weighted by atomic mass is 16.5.